The smallest absolute Gasteiger partial charge is 0.263 e. The molecule has 2 aromatic rings. The third kappa shape index (κ3) is 2.40. The largest absolute Gasteiger partial charge is 0.347 e. The van der Waals surface area contributed by atoms with Gasteiger partial charge >= 0.3 is 0 Å². The van der Waals surface area contributed by atoms with E-state index in [1.807, 2.05) is 0 Å². The molecule has 114 valence electrons. The van der Waals surface area contributed by atoms with E-state index in [2.05, 4.69) is 20.6 Å². The minimum Gasteiger partial charge on any atom is -0.347 e. The summed E-state index contributed by atoms with van der Waals surface area (Å²) < 4.78 is 13.7. The van der Waals surface area contributed by atoms with E-state index in [1.165, 1.54) is 42.4 Å². The normalized spacial score (nSPS) is 26.3. The summed E-state index contributed by atoms with van der Waals surface area (Å²) in [6.45, 7) is 0. The van der Waals surface area contributed by atoms with Crippen LogP contribution in [0.15, 0.2) is 24.7 Å². The van der Waals surface area contributed by atoms with Gasteiger partial charge in [0.25, 0.3) is 5.91 Å². The fourth-order valence-corrected chi connectivity index (χ4v) is 4.09. The molecule has 2 aliphatic rings. The molecule has 22 heavy (non-hydrogen) atoms. The van der Waals surface area contributed by atoms with Gasteiger partial charge in [0, 0.05) is 30.5 Å². The number of amides is 1. The van der Waals surface area contributed by atoms with Gasteiger partial charge < -0.3 is 10.6 Å². The number of thiazole rings is 1. The number of aromatic nitrogens is 2. The van der Waals surface area contributed by atoms with Gasteiger partial charge in [-0.05, 0) is 25.3 Å². The second-order valence-electron chi connectivity index (χ2n) is 5.75. The van der Waals surface area contributed by atoms with Gasteiger partial charge in [0.05, 0.1) is 11.8 Å². The minimum atomic E-state index is -0.381. The van der Waals surface area contributed by atoms with Crippen LogP contribution >= 0.6 is 11.3 Å². The lowest BCUT2D eigenvalue weighted by Crippen LogP contribution is -2.42. The van der Waals surface area contributed by atoms with Gasteiger partial charge in [0.1, 0.15) is 15.7 Å². The first-order valence-corrected chi connectivity index (χ1v) is 8.15. The molecule has 2 bridgehead atoms. The zero-order valence-corrected chi connectivity index (χ0v) is 12.6. The average molecular weight is 318 g/mol. The predicted octanol–water partition coefficient (Wildman–Crippen LogP) is 1.97. The van der Waals surface area contributed by atoms with Gasteiger partial charge in [-0.25, -0.2) is 9.37 Å². The topological polar surface area (TPSA) is 66.9 Å². The number of hydrogen-bond donors (Lipinski definition) is 2. The molecule has 0 spiro atoms. The molecule has 0 aromatic carbocycles. The first-order chi connectivity index (χ1) is 10.7. The van der Waals surface area contributed by atoms with Crippen LogP contribution in [0, 0.1) is 5.82 Å². The highest BCUT2D eigenvalue weighted by Gasteiger charge is 2.39. The van der Waals surface area contributed by atoms with Crippen molar-refractivity contribution in [3.8, 4) is 10.6 Å². The zero-order chi connectivity index (χ0) is 15.1. The number of nitrogens with zero attached hydrogens (tertiary/aromatic N) is 2. The Hall–Kier alpha value is -1.86. The number of rotatable bonds is 3. The first kappa shape index (κ1) is 13.8. The molecule has 1 amide bonds. The summed E-state index contributed by atoms with van der Waals surface area (Å²) in [4.78, 5) is 20.9. The Kier molecular flexibility index (Phi) is 3.38. The van der Waals surface area contributed by atoms with Gasteiger partial charge in [-0.2, -0.15) is 0 Å². The van der Waals surface area contributed by atoms with Crippen LogP contribution in [0.4, 0.5) is 4.39 Å². The number of hydrogen-bond acceptors (Lipinski definition) is 5. The van der Waals surface area contributed by atoms with E-state index in [9.17, 15) is 9.18 Å². The number of carbonyl (C=O) groups is 1. The standard InChI is InChI=1S/C15H15FN4OS/c16-10-3-4-17-6-9(10)15-18-7-13(22-15)14(21)20-12-5-8-1-2-11(12)19-8/h3-4,6-8,11-12,19H,1-2,5H2,(H,20,21)/t8-,11+,12-/m1/s1. The maximum atomic E-state index is 13.7. The van der Waals surface area contributed by atoms with E-state index >= 15 is 0 Å². The van der Waals surface area contributed by atoms with Gasteiger partial charge in [-0.1, -0.05) is 0 Å². The lowest BCUT2D eigenvalue weighted by atomic mass is 9.95. The Bertz CT molecular complexity index is 719. The highest BCUT2D eigenvalue weighted by Crippen LogP contribution is 2.30. The molecule has 2 aliphatic heterocycles. The van der Waals surface area contributed by atoms with Crippen molar-refractivity contribution in [2.75, 3.05) is 0 Å². The van der Waals surface area contributed by atoms with Crippen LogP contribution < -0.4 is 10.6 Å². The van der Waals surface area contributed by atoms with Crippen molar-refractivity contribution in [3.05, 3.63) is 35.4 Å². The summed E-state index contributed by atoms with van der Waals surface area (Å²) in [7, 11) is 0. The minimum absolute atomic E-state index is 0.132. The van der Waals surface area contributed by atoms with E-state index in [4.69, 9.17) is 0 Å². The molecule has 0 radical (unpaired) electrons. The molecule has 0 aliphatic carbocycles. The molecule has 2 N–H and O–H groups in total. The van der Waals surface area contributed by atoms with E-state index in [0.717, 1.165) is 12.8 Å². The predicted molar refractivity (Wildman–Crippen MR) is 81.1 cm³/mol. The number of halogens is 1. The van der Waals surface area contributed by atoms with E-state index in [0.29, 0.717) is 27.5 Å². The first-order valence-electron chi connectivity index (χ1n) is 7.33. The van der Waals surface area contributed by atoms with Gasteiger partial charge in [0.2, 0.25) is 0 Å². The third-order valence-electron chi connectivity index (χ3n) is 4.34. The molecule has 5 nitrogen and oxygen atoms in total. The van der Waals surface area contributed by atoms with Crippen molar-refractivity contribution in [2.45, 2.75) is 37.4 Å². The fourth-order valence-electron chi connectivity index (χ4n) is 3.26. The van der Waals surface area contributed by atoms with E-state index < -0.39 is 0 Å². The molecule has 3 atom stereocenters. The lowest BCUT2D eigenvalue weighted by molar-refractivity contribution is 0.0935. The second-order valence-corrected chi connectivity index (χ2v) is 6.78. The molecule has 2 fully saturated rings. The SMILES string of the molecule is O=C(N[C@@H]1C[C@H]2CC[C@@H]1N2)c1cnc(-c2cnccc2F)s1. The highest BCUT2D eigenvalue weighted by atomic mass is 32.1. The highest BCUT2D eigenvalue weighted by molar-refractivity contribution is 7.16. The summed E-state index contributed by atoms with van der Waals surface area (Å²) >= 11 is 1.19. The van der Waals surface area contributed by atoms with Crippen LogP contribution in [0.3, 0.4) is 0 Å². The molecule has 2 aromatic heterocycles. The van der Waals surface area contributed by atoms with Crippen LogP contribution in [-0.2, 0) is 0 Å². The van der Waals surface area contributed by atoms with Crippen LogP contribution in [-0.4, -0.2) is 34.0 Å². The van der Waals surface area contributed by atoms with Crippen molar-refractivity contribution in [1.29, 1.82) is 0 Å². The van der Waals surface area contributed by atoms with Gasteiger partial charge in [-0.3, -0.25) is 9.78 Å². The Morgan fingerprint density at radius 1 is 1.41 bits per heavy atom. The molecule has 7 heteroatoms. The van der Waals surface area contributed by atoms with E-state index in [-0.39, 0.29) is 17.8 Å². The Labute approximate surface area is 131 Å². The summed E-state index contributed by atoms with van der Waals surface area (Å²) in [6.07, 6.45) is 7.62. The summed E-state index contributed by atoms with van der Waals surface area (Å²) in [5.74, 6) is -0.513. The Balaban J connectivity index is 1.49. The van der Waals surface area contributed by atoms with Crippen LogP contribution in [0.1, 0.15) is 28.9 Å². The van der Waals surface area contributed by atoms with Gasteiger partial charge in [-0.15, -0.1) is 11.3 Å². The third-order valence-corrected chi connectivity index (χ3v) is 5.37. The monoisotopic (exact) mass is 318 g/mol. The summed E-state index contributed by atoms with van der Waals surface area (Å²) in [6, 6.07) is 2.40. The lowest BCUT2D eigenvalue weighted by Gasteiger charge is -2.20. The Morgan fingerprint density at radius 2 is 2.32 bits per heavy atom. The molecule has 4 heterocycles. The molecular weight excluding hydrogens is 303 g/mol. The number of pyridine rings is 1. The van der Waals surface area contributed by atoms with Crippen molar-refractivity contribution in [3.63, 3.8) is 0 Å². The molecule has 2 saturated heterocycles. The number of carbonyl (C=O) groups excluding carboxylic acids is 1. The van der Waals surface area contributed by atoms with E-state index in [1.54, 1.807) is 0 Å². The summed E-state index contributed by atoms with van der Waals surface area (Å²) in [5.41, 5.74) is 0.327. The molecule has 0 unspecified atom stereocenters. The summed E-state index contributed by atoms with van der Waals surface area (Å²) in [5, 5.41) is 7.03. The van der Waals surface area contributed by atoms with Crippen molar-refractivity contribution in [1.82, 2.24) is 20.6 Å². The molecule has 0 saturated carbocycles. The zero-order valence-electron chi connectivity index (χ0n) is 11.8. The van der Waals surface area contributed by atoms with Crippen molar-refractivity contribution < 1.29 is 9.18 Å². The second kappa shape index (κ2) is 5.40. The van der Waals surface area contributed by atoms with Crippen molar-refractivity contribution in [2.24, 2.45) is 0 Å². The Morgan fingerprint density at radius 3 is 3.05 bits per heavy atom. The molecule has 4 rings (SSSR count). The van der Waals surface area contributed by atoms with Crippen LogP contribution in [0.2, 0.25) is 0 Å². The quantitative estimate of drug-likeness (QED) is 0.908. The molecular formula is C15H15FN4OS. The van der Waals surface area contributed by atoms with Crippen LogP contribution in [0.5, 0.6) is 0 Å². The van der Waals surface area contributed by atoms with Crippen LogP contribution in [0.25, 0.3) is 10.6 Å². The van der Waals surface area contributed by atoms with Gasteiger partial charge in [0.15, 0.2) is 0 Å². The maximum absolute atomic E-state index is 13.7. The number of nitrogens with one attached hydrogen (secondary N) is 2. The van der Waals surface area contributed by atoms with Crippen molar-refractivity contribution >= 4 is 17.2 Å². The fraction of sp³-hybridized carbons (Fsp3) is 0.400. The average Bonchev–Trinajstić information content (AvgIpc) is 3.24. The maximum Gasteiger partial charge on any atom is 0.263 e. The number of fused-ring (bicyclic) bond motifs is 2.